The Morgan fingerprint density at radius 3 is 2.53 bits per heavy atom. The summed E-state index contributed by atoms with van der Waals surface area (Å²) < 4.78 is 5.33. The van der Waals surface area contributed by atoms with Gasteiger partial charge in [0.1, 0.15) is 0 Å². The van der Waals surface area contributed by atoms with Gasteiger partial charge < -0.3 is 20.3 Å². The predicted octanol–water partition coefficient (Wildman–Crippen LogP) is 5.46. The third kappa shape index (κ3) is 7.05. The zero-order valence-electron chi connectivity index (χ0n) is 19.8. The van der Waals surface area contributed by atoms with Crippen molar-refractivity contribution < 1.29 is 14.3 Å². The molecule has 0 bridgehead atoms. The lowest BCUT2D eigenvalue weighted by atomic mass is 9.94. The highest BCUT2D eigenvalue weighted by Gasteiger charge is 2.34. The number of unbranched alkanes of at least 4 members (excludes halogenated alkanes) is 5. The van der Waals surface area contributed by atoms with E-state index in [-0.39, 0.29) is 11.9 Å². The van der Waals surface area contributed by atoms with Crippen molar-refractivity contribution in [2.45, 2.75) is 78.7 Å². The molecule has 6 nitrogen and oxygen atoms in total. The molecule has 1 aromatic carbocycles. The molecule has 176 valence electrons. The first-order chi connectivity index (χ1) is 15.4. The number of carbonyl (C=O) groups is 2. The van der Waals surface area contributed by atoms with Crippen LogP contribution in [0.4, 0.5) is 5.69 Å². The molecular weight excluding hydrogens is 422 g/mol. The van der Waals surface area contributed by atoms with Gasteiger partial charge in [-0.25, -0.2) is 4.79 Å². The Morgan fingerprint density at radius 1 is 1.12 bits per heavy atom. The number of amides is 1. The second-order valence-electron chi connectivity index (χ2n) is 8.04. The Bertz CT molecular complexity index is 837. The molecule has 1 aromatic rings. The molecule has 1 atom stereocenters. The van der Waals surface area contributed by atoms with Gasteiger partial charge in [0, 0.05) is 24.4 Å². The standard InChI is InChI=1S/C25H37N3O3S/c1-5-8-9-10-11-12-16-21(29)26-20-15-13-14-19(17-20)23-22(24(30)31-7-3)18(4)28(6-2)25(32)27-23/h13-15,17,23H,5-12,16H2,1-4H3,(H,26,29)(H,27,32). The molecule has 2 rings (SSSR count). The lowest BCUT2D eigenvalue weighted by Crippen LogP contribution is -2.47. The van der Waals surface area contributed by atoms with Crippen molar-refractivity contribution in [1.29, 1.82) is 0 Å². The van der Waals surface area contributed by atoms with Crippen LogP contribution in [0.3, 0.4) is 0 Å². The van der Waals surface area contributed by atoms with Crippen molar-refractivity contribution in [3.05, 3.63) is 41.1 Å². The molecular formula is C25H37N3O3S. The lowest BCUT2D eigenvalue weighted by molar-refractivity contribution is -0.139. The third-order valence-electron chi connectivity index (χ3n) is 5.67. The number of esters is 1. The Kier molecular flexibility index (Phi) is 10.7. The smallest absolute Gasteiger partial charge is 0.338 e. The number of ether oxygens (including phenoxy) is 1. The van der Waals surface area contributed by atoms with Gasteiger partial charge >= 0.3 is 5.97 Å². The van der Waals surface area contributed by atoms with Crippen LogP contribution in [0.1, 0.15) is 84.2 Å². The van der Waals surface area contributed by atoms with Crippen LogP contribution in [-0.4, -0.2) is 35.0 Å². The fourth-order valence-electron chi connectivity index (χ4n) is 3.97. The Morgan fingerprint density at radius 2 is 1.84 bits per heavy atom. The van der Waals surface area contributed by atoms with E-state index >= 15 is 0 Å². The van der Waals surface area contributed by atoms with Crippen LogP contribution < -0.4 is 10.6 Å². The van der Waals surface area contributed by atoms with Crippen LogP contribution in [0, 0.1) is 0 Å². The van der Waals surface area contributed by atoms with Gasteiger partial charge in [0.05, 0.1) is 18.2 Å². The van der Waals surface area contributed by atoms with Crippen LogP contribution in [0.2, 0.25) is 0 Å². The summed E-state index contributed by atoms with van der Waals surface area (Å²) in [5.41, 5.74) is 2.89. The molecule has 0 fully saturated rings. The Balaban J connectivity index is 2.13. The van der Waals surface area contributed by atoms with E-state index in [9.17, 15) is 9.59 Å². The Labute approximate surface area is 197 Å². The molecule has 0 saturated carbocycles. The molecule has 1 amide bonds. The number of carbonyl (C=O) groups excluding carboxylic acids is 2. The molecule has 0 aliphatic carbocycles. The number of thiocarbonyl (C=S) groups is 1. The number of allylic oxidation sites excluding steroid dienone is 1. The van der Waals surface area contributed by atoms with Crippen LogP contribution in [-0.2, 0) is 14.3 Å². The van der Waals surface area contributed by atoms with Gasteiger partial charge in [-0.15, -0.1) is 0 Å². The quantitative estimate of drug-likeness (QED) is 0.246. The van der Waals surface area contributed by atoms with Crippen molar-refractivity contribution in [2.24, 2.45) is 0 Å². The Hall–Kier alpha value is -2.41. The summed E-state index contributed by atoms with van der Waals surface area (Å²) in [6, 6.07) is 7.14. The van der Waals surface area contributed by atoms with E-state index < -0.39 is 6.04 Å². The summed E-state index contributed by atoms with van der Waals surface area (Å²) in [6.45, 7) is 8.82. The SMILES string of the molecule is CCCCCCCCC(=O)Nc1cccc(C2NC(=S)N(CC)C(C)=C2C(=O)OCC)c1. The van der Waals surface area contributed by atoms with Crippen molar-refractivity contribution >= 4 is 34.9 Å². The maximum atomic E-state index is 12.8. The van der Waals surface area contributed by atoms with Crippen LogP contribution in [0.15, 0.2) is 35.5 Å². The molecule has 1 unspecified atom stereocenters. The second-order valence-corrected chi connectivity index (χ2v) is 8.42. The minimum atomic E-state index is -0.431. The summed E-state index contributed by atoms with van der Waals surface area (Å²) >= 11 is 5.53. The van der Waals surface area contributed by atoms with E-state index in [1.165, 1.54) is 25.7 Å². The third-order valence-corrected chi connectivity index (χ3v) is 6.01. The van der Waals surface area contributed by atoms with Crippen LogP contribution in [0.25, 0.3) is 0 Å². The first-order valence-electron chi connectivity index (χ1n) is 11.8. The normalized spacial score (nSPS) is 16.1. The van der Waals surface area contributed by atoms with Crippen molar-refractivity contribution in [3.8, 4) is 0 Å². The average molecular weight is 460 g/mol. The number of rotatable bonds is 12. The highest BCUT2D eigenvalue weighted by molar-refractivity contribution is 7.80. The monoisotopic (exact) mass is 459 g/mol. The zero-order chi connectivity index (χ0) is 23.5. The second kappa shape index (κ2) is 13.2. The van der Waals surface area contributed by atoms with Crippen LogP contribution >= 0.6 is 12.2 Å². The molecule has 0 aromatic heterocycles. The number of hydrogen-bond acceptors (Lipinski definition) is 4. The summed E-state index contributed by atoms with van der Waals surface area (Å²) in [7, 11) is 0. The molecule has 0 spiro atoms. The number of anilines is 1. The first kappa shape index (κ1) is 25.8. The summed E-state index contributed by atoms with van der Waals surface area (Å²) in [5, 5.41) is 6.84. The molecule has 7 heteroatoms. The van der Waals surface area contributed by atoms with Gasteiger partial charge in [-0.05, 0) is 57.1 Å². The van der Waals surface area contributed by atoms with Crippen molar-refractivity contribution in [2.75, 3.05) is 18.5 Å². The van der Waals surface area contributed by atoms with Crippen molar-refractivity contribution in [1.82, 2.24) is 10.2 Å². The summed E-state index contributed by atoms with van der Waals surface area (Å²) in [4.78, 5) is 27.1. The highest BCUT2D eigenvalue weighted by atomic mass is 32.1. The predicted molar refractivity (Wildman–Crippen MR) is 133 cm³/mol. The molecule has 1 aliphatic rings. The van der Waals surface area contributed by atoms with Gasteiger partial charge in [0.2, 0.25) is 5.91 Å². The molecule has 1 aliphatic heterocycles. The first-order valence-corrected chi connectivity index (χ1v) is 12.2. The number of benzene rings is 1. The van der Waals surface area contributed by atoms with E-state index in [1.807, 2.05) is 43.0 Å². The van der Waals surface area contributed by atoms with Gasteiger partial charge in [-0.2, -0.15) is 0 Å². The van der Waals surface area contributed by atoms with Gasteiger partial charge in [-0.3, -0.25) is 4.79 Å². The van der Waals surface area contributed by atoms with Gasteiger partial charge in [0.25, 0.3) is 0 Å². The molecule has 0 saturated heterocycles. The lowest BCUT2D eigenvalue weighted by Gasteiger charge is -2.37. The van der Waals surface area contributed by atoms with Gasteiger partial charge in [-0.1, -0.05) is 51.2 Å². The zero-order valence-corrected chi connectivity index (χ0v) is 20.6. The van der Waals surface area contributed by atoms with Gasteiger partial charge in [0.15, 0.2) is 5.11 Å². The maximum absolute atomic E-state index is 12.8. The minimum absolute atomic E-state index is 0.0132. The van der Waals surface area contributed by atoms with E-state index in [1.54, 1.807) is 6.92 Å². The molecule has 2 N–H and O–H groups in total. The van der Waals surface area contributed by atoms with Crippen molar-refractivity contribution in [3.63, 3.8) is 0 Å². The largest absolute Gasteiger partial charge is 0.463 e. The van der Waals surface area contributed by atoms with E-state index in [4.69, 9.17) is 17.0 Å². The number of hydrogen-bond donors (Lipinski definition) is 2. The molecule has 32 heavy (non-hydrogen) atoms. The molecule has 1 heterocycles. The summed E-state index contributed by atoms with van der Waals surface area (Å²) in [6.07, 6.45) is 7.40. The van der Waals surface area contributed by atoms with E-state index in [0.29, 0.717) is 35.9 Å². The number of nitrogens with one attached hydrogen (secondary N) is 2. The maximum Gasteiger partial charge on any atom is 0.338 e. The summed E-state index contributed by atoms with van der Waals surface area (Å²) in [5.74, 6) is -0.347. The fourth-order valence-corrected chi connectivity index (χ4v) is 4.35. The topological polar surface area (TPSA) is 70.7 Å². The fraction of sp³-hybridized carbons (Fsp3) is 0.560. The van der Waals surface area contributed by atoms with E-state index in [0.717, 1.165) is 24.1 Å². The average Bonchev–Trinajstić information content (AvgIpc) is 2.76. The van der Waals surface area contributed by atoms with Crippen LogP contribution in [0.5, 0.6) is 0 Å². The molecule has 0 radical (unpaired) electrons. The highest BCUT2D eigenvalue weighted by Crippen LogP contribution is 2.32. The van der Waals surface area contributed by atoms with E-state index in [2.05, 4.69) is 17.6 Å². The number of nitrogens with zero attached hydrogens (tertiary/aromatic N) is 1. The minimum Gasteiger partial charge on any atom is -0.463 e.